The van der Waals surface area contributed by atoms with E-state index in [4.69, 9.17) is 20.9 Å². The summed E-state index contributed by atoms with van der Waals surface area (Å²) in [7, 11) is 0. The van der Waals surface area contributed by atoms with Crippen LogP contribution in [0, 0.1) is 5.41 Å². The minimum absolute atomic E-state index is 0.0532. The molecule has 1 aromatic carbocycles. The number of aliphatic hydroxyl groups is 1. The number of benzene rings is 1. The molecule has 0 unspecified atom stereocenters. The van der Waals surface area contributed by atoms with Gasteiger partial charge in [-0.3, -0.25) is 10.2 Å². The quantitative estimate of drug-likeness (QED) is 0.228. The second-order valence-corrected chi connectivity index (χ2v) is 8.35. The van der Waals surface area contributed by atoms with Gasteiger partial charge in [-0.2, -0.15) is 0 Å². The Kier molecular flexibility index (Phi) is 6.13. The van der Waals surface area contributed by atoms with E-state index in [1.807, 2.05) is 13.0 Å². The molecule has 0 bridgehead atoms. The van der Waals surface area contributed by atoms with Crippen molar-refractivity contribution in [1.29, 1.82) is 5.41 Å². The second-order valence-electron chi connectivity index (χ2n) is 8.35. The van der Waals surface area contributed by atoms with Crippen LogP contribution in [0.4, 0.5) is 0 Å². The number of aliphatic carboxylic acids is 1. The third-order valence-corrected chi connectivity index (χ3v) is 6.02. The van der Waals surface area contributed by atoms with Gasteiger partial charge in [0.2, 0.25) is 5.60 Å². The first kappa shape index (κ1) is 21.5. The monoisotopic (exact) mass is 406 g/mol. The molecule has 160 valence electrons. The normalized spacial score (nSPS) is 28.6. The third kappa shape index (κ3) is 4.37. The molecule has 29 heavy (non-hydrogen) atoms. The zero-order valence-electron chi connectivity index (χ0n) is 16.8. The number of aryl methyl sites for hydroxylation is 1. The number of hydrogen-bond acceptors (Lipinski definition) is 7. The molecule has 2 aliphatic heterocycles. The molecule has 3 rings (SSSR count). The van der Waals surface area contributed by atoms with Gasteiger partial charge >= 0.3 is 5.97 Å². The van der Waals surface area contributed by atoms with Gasteiger partial charge in [0.05, 0.1) is 6.61 Å². The van der Waals surface area contributed by atoms with Gasteiger partial charge in [-0.25, -0.2) is 10.7 Å². The zero-order chi connectivity index (χ0) is 21.2. The number of piperidine rings is 1. The summed E-state index contributed by atoms with van der Waals surface area (Å²) in [5.41, 5.74) is -0.304. The number of nitrogens with one attached hydrogen (secondary N) is 3. The van der Waals surface area contributed by atoms with Gasteiger partial charge in [0.1, 0.15) is 17.7 Å². The number of amidine groups is 1. The molecule has 0 saturated carbocycles. The minimum Gasteiger partial charge on any atom is -0.486 e. The number of nitrogens with two attached hydrogens (primary N) is 1. The smallest absolute Gasteiger partial charge is 0.341 e. The lowest BCUT2D eigenvalue weighted by Gasteiger charge is -2.38. The molecule has 2 heterocycles. The molecule has 0 amide bonds. The lowest BCUT2D eigenvalue weighted by molar-refractivity contribution is -0.179. The van der Waals surface area contributed by atoms with Crippen LogP contribution in [0.25, 0.3) is 0 Å². The zero-order valence-corrected chi connectivity index (χ0v) is 16.8. The molecular weight excluding hydrogens is 376 g/mol. The number of carboxylic acids is 1. The van der Waals surface area contributed by atoms with Crippen molar-refractivity contribution in [2.45, 2.75) is 62.8 Å². The lowest BCUT2D eigenvalue weighted by atomic mass is 9.88. The molecule has 7 N–H and O–H groups in total. The van der Waals surface area contributed by atoms with E-state index in [1.165, 1.54) is 6.92 Å². The molecule has 1 saturated heterocycles. The molecule has 0 spiro atoms. The summed E-state index contributed by atoms with van der Waals surface area (Å²) in [5, 5.41) is 34.0. The van der Waals surface area contributed by atoms with Crippen LogP contribution in [-0.2, 0) is 16.1 Å². The summed E-state index contributed by atoms with van der Waals surface area (Å²) in [6.07, 6.45) is 1.95. The van der Waals surface area contributed by atoms with Gasteiger partial charge in [-0.15, -0.1) is 0 Å². The highest BCUT2D eigenvalue weighted by Crippen LogP contribution is 2.33. The Morgan fingerprint density at radius 2 is 2.28 bits per heavy atom. The van der Waals surface area contributed by atoms with Crippen LogP contribution in [0.3, 0.4) is 0 Å². The molecule has 9 heteroatoms. The first-order valence-electron chi connectivity index (χ1n) is 9.83. The van der Waals surface area contributed by atoms with Crippen LogP contribution in [0.2, 0.25) is 0 Å². The van der Waals surface area contributed by atoms with E-state index < -0.39 is 17.7 Å². The van der Waals surface area contributed by atoms with E-state index in [1.54, 1.807) is 12.1 Å². The van der Waals surface area contributed by atoms with Crippen LogP contribution >= 0.6 is 0 Å². The molecule has 0 aliphatic carbocycles. The Labute approximate surface area is 170 Å². The molecular formula is C20H30N4O5. The second kappa shape index (κ2) is 8.27. The van der Waals surface area contributed by atoms with Crippen molar-refractivity contribution in [3.05, 3.63) is 29.3 Å². The predicted octanol–water partition coefficient (Wildman–Crippen LogP) is 0.532. The Morgan fingerprint density at radius 3 is 2.93 bits per heavy atom. The largest absolute Gasteiger partial charge is 0.486 e. The fourth-order valence-corrected chi connectivity index (χ4v) is 3.99. The van der Waals surface area contributed by atoms with Crippen molar-refractivity contribution in [3.8, 4) is 5.75 Å². The number of fused-ring (bicyclic) bond motifs is 1. The van der Waals surface area contributed by atoms with E-state index in [2.05, 4.69) is 10.6 Å². The Bertz CT molecular complexity index is 788. The first-order chi connectivity index (χ1) is 13.7. The van der Waals surface area contributed by atoms with Gasteiger partial charge in [0, 0.05) is 17.1 Å². The first-order valence-corrected chi connectivity index (χ1v) is 9.83. The fourth-order valence-electron chi connectivity index (χ4n) is 3.99. The van der Waals surface area contributed by atoms with E-state index in [9.17, 15) is 15.0 Å². The fraction of sp³-hybridized carbons (Fsp3) is 0.600. The van der Waals surface area contributed by atoms with Crippen molar-refractivity contribution in [3.63, 3.8) is 0 Å². The highest BCUT2D eigenvalue weighted by Gasteiger charge is 2.46. The van der Waals surface area contributed by atoms with Crippen molar-refractivity contribution < 1.29 is 24.6 Å². The van der Waals surface area contributed by atoms with Gasteiger partial charge in [-0.1, -0.05) is 0 Å². The molecule has 1 aromatic rings. The van der Waals surface area contributed by atoms with E-state index >= 15 is 0 Å². The SMILES string of the molecule is C[C@]1(CO)C[C@@H](NC(=N)c2ccc3c(c2)CC[C@H]([C@](C)(ON)C(=O)O)O3)CCN1. The summed E-state index contributed by atoms with van der Waals surface area (Å²) in [6.45, 7) is 4.22. The predicted molar refractivity (Wildman–Crippen MR) is 107 cm³/mol. The van der Waals surface area contributed by atoms with Gasteiger partial charge in [0.25, 0.3) is 0 Å². The average molecular weight is 406 g/mol. The van der Waals surface area contributed by atoms with Crippen molar-refractivity contribution >= 4 is 11.8 Å². The summed E-state index contributed by atoms with van der Waals surface area (Å²) >= 11 is 0. The van der Waals surface area contributed by atoms with Crippen molar-refractivity contribution in [2.75, 3.05) is 13.2 Å². The van der Waals surface area contributed by atoms with Crippen LogP contribution in [0.1, 0.15) is 44.2 Å². The maximum Gasteiger partial charge on any atom is 0.341 e. The van der Waals surface area contributed by atoms with Crippen LogP contribution in [0.5, 0.6) is 5.75 Å². The van der Waals surface area contributed by atoms with Gasteiger partial charge in [-0.05, 0) is 69.8 Å². The molecule has 0 aromatic heterocycles. The maximum atomic E-state index is 11.5. The van der Waals surface area contributed by atoms with Crippen LogP contribution in [-0.4, -0.2) is 58.5 Å². The highest BCUT2D eigenvalue weighted by atomic mass is 16.7. The molecule has 9 nitrogen and oxygen atoms in total. The maximum absolute atomic E-state index is 11.5. The molecule has 1 fully saturated rings. The van der Waals surface area contributed by atoms with Gasteiger partial charge < -0.3 is 25.6 Å². The highest BCUT2D eigenvalue weighted by molar-refractivity contribution is 5.97. The molecule has 0 radical (unpaired) electrons. The minimum atomic E-state index is -1.63. The number of ether oxygens (including phenoxy) is 1. The van der Waals surface area contributed by atoms with Crippen molar-refractivity contribution in [1.82, 2.24) is 10.6 Å². The van der Waals surface area contributed by atoms with Crippen molar-refractivity contribution in [2.24, 2.45) is 5.90 Å². The Morgan fingerprint density at radius 1 is 1.52 bits per heavy atom. The summed E-state index contributed by atoms with van der Waals surface area (Å²) in [4.78, 5) is 16.3. The topological polar surface area (TPSA) is 150 Å². The average Bonchev–Trinajstić information content (AvgIpc) is 2.72. The third-order valence-electron chi connectivity index (χ3n) is 6.02. The van der Waals surface area contributed by atoms with Crippen LogP contribution in [0.15, 0.2) is 18.2 Å². The summed E-state index contributed by atoms with van der Waals surface area (Å²) in [5.74, 6) is 4.95. The number of rotatable bonds is 6. The van der Waals surface area contributed by atoms with E-state index in [0.29, 0.717) is 24.4 Å². The summed E-state index contributed by atoms with van der Waals surface area (Å²) < 4.78 is 5.86. The number of hydrogen-bond donors (Lipinski definition) is 6. The van der Waals surface area contributed by atoms with E-state index in [0.717, 1.165) is 30.5 Å². The lowest BCUT2D eigenvalue weighted by Crippen LogP contribution is -2.56. The van der Waals surface area contributed by atoms with E-state index in [-0.39, 0.29) is 18.2 Å². The molecule has 4 atom stereocenters. The number of carbonyl (C=O) groups is 1. The number of aliphatic hydroxyl groups excluding tert-OH is 1. The van der Waals surface area contributed by atoms with Gasteiger partial charge in [0.15, 0.2) is 0 Å². The Hall–Kier alpha value is -2.20. The standard InChI is InChI=1S/C20H30N4O5/c1-19(11-25)10-14(7-8-23-19)24-17(21)13-3-5-15-12(9-13)4-6-16(28-15)20(2,29-22)18(26)27/h3,5,9,14,16,23,25H,4,6-8,10-11,22H2,1-2H3,(H2,21,24)(H,26,27)/t14-,16+,19+,20-/m0/s1. The van der Waals surface area contributed by atoms with Crippen LogP contribution < -0.4 is 21.3 Å². The molecule has 2 aliphatic rings. The summed E-state index contributed by atoms with van der Waals surface area (Å²) in [6, 6.07) is 5.54. The number of carboxylic acid groups (broad SMARTS) is 1. The Balaban J connectivity index is 1.69.